The number of hydrogen-bond donors (Lipinski definition) is 3. The van der Waals surface area contributed by atoms with E-state index in [1.54, 1.807) is 31.2 Å². The van der Waals surface area contributed by atoms with Gasteiger partial charge in [-0.1, -0.05) is 35.9 Å². The average molecular weight is 467 g/mol. The number of carboxylic acids is 1. The normalized spacial score (nSPS) is 11.2. The number of nitrogens with zero attached hydrogens (tertiary/aromatic N) is 2. The summed E-state index contributed by atoms with van der Waals surface area (Å²) in [7, 11) is -4.65. The van der Waals surface area contributed by atoms with E-state index in [4.69, 9.17) is 11.6 Å². The summed E-state index contributed by atoms with van der Waals surface area (Å²) in [4.78, 5) is 10.8. The van der Waals surface area contributed by atoms with Gasteiger partial charge in [-0.25, -0.2) is 4.79 Å². The zero-order chi connectivity index (χ0) is 20.6. The van der Waals surface area contributed by atoms with Crippen LogP contribution in [-0.4, -0.2) is 88.3 Å². The van der Waals surface area contributed by atoms with Crippen LogP contribution in [0.1, 0.15) is 15.9 Å². The number of rotatable bonds is 4. The first-order chi connectivity index (χ1) is 13.1. The van der Waals surface area contributed by atoms with Crippen molar-refractivity contribution in [2.24, 2.45) is 10.2 Å². The van der Waals surface area contributed by atoms with Gasteiger partial charge < -0.3 is 10.2 Å². The molecule has 146 valence electrons. The largest absolute Gasteiger partial charge is 0.505 e. The van der Waals surface area contributed by atoms with Crippen LogP contribution in [0, 0.1) is 6.92 Å². The molecule has 0 spiro atoms. The smallest absolute Gasteiger partial charge is 0.339 e. The van der Waals surface area contributed by atoms with Crippen LogP contribution in [0.3, 0.4) is 0 Å². The fraction of sp³-hybridized carbons (Fsp3) is 0.0556. The van der Waals surface area contributed by atoms with E-state index in [-0.39, 0.29) is 81.1 Å². The fourth-order valence-electron chi connectivity index (χ4n) is 2.62. The Kier molecular flexibility index (Phi) is 9.49. The summed E-state index contributed by atoms with van der Waals surface area (Å²) in [6, 6.07) is 10.2. The van der Waals surface area contributed by atoms with E-state index >= 15 is 0 Å². The van der Waals surface area contributed by atoms with Gasteiger partial charge in [0.25, 0.3) is 10.1 Å². The maximum Gasteiger partial charge on any atom is 0.339 e. The Morgan fingerprint density at radius 1 is 1.07 bits per heavy atom. The monoisotopic (exact) mass is 466 g/mol. The predicted octanol–water partition coefficient (Wildman–Crippen LogP) is 4.11. The number of carboxylic acid groups (broad SMARTS) is 1. The van der Waals surface area contributed by atoms with Crippen LogP contribution < -0.4 is 0 Å². The maximum atomic E-state index is 11.6. The Hall–Kier alpha value is -1.01. The summed E-state index contributed by atoms with van der Waals surface area (Å²) < 4.78 is 32.6. The molecule has 0 saturated heterocycles. The SMILES string of the molecule is Cc1cc(N=Nc2c(O)c(C(=O)O)cc3ccccc23)c(S(=O)(=O)O)cc1Cl.[Na].[Na]. The third kappa shape index (κ3) is 5.61. The van der Waals surface area contributed by atoms with Gasteiger partial charge in [0.15, 0.2) is 5.75 Å². The van der Waals surface area contributed by atoms with E-state index in [9.17, 15) is 28.0 Å². The molecule has 3 rings (SSSR count). The molecule has 0 unspecified atom stereocenters. The number of aromatic carboxylic acids is 1. The zero-order valence-electron chi connectivity index (χ0n) is 16.3. The molecule has 3 N–H and O–H groups in total. The van der Waals surface area contributed by atoms with E-state index in [0.717, 1.165) is 6.07 Å². The molecule has 0 fully saturated rings. The van der Waals surface area contributed by atoms with Crippen LogP contribution in [-0.2, 0) is 10.1 Å². The molecule has 0 amide bonds. The number of benzene rings is 3. The molecule has 0 bridgehead atoms. The molecule has 0 aliphatic carbocycles. The van der Waals surface area contributed by atoms with E-state index in [1.807, 2.05) is 0 Å². The third-order valence-corrected chi connectivity index (χ3v) is 5.29. The third-order valence-electron chi connectivity index (χ3n) is 4.00. The molecule has 0 atom stereocenters. The number of azo groups is 1. The van der Waals surface area contributed by atoms with Crippen LogP contribution in [0.5, 0.6) is 5.75 Å². The van der Waals surface area contributed by atoms with Crippen molar-refractivity contribution < 1.29 is 28.0 Å². The molecule has 12 heteroatoms. The zero-order valence-corrected chi connectivity index (χ0v) is 21.9. The number of phenols is 1. The molecule has 0 aliphatic heterocycles. The minimum absolute atomic E-state index is 0. The van der Waals surface area contributed by atoms with E-state index in [2.05, 4.69) is 10.2 Å². The van der Waals surface area contributed by atoms with Crippen LogP contribution in [0.4, 0.5) is 11.4 Å². The summed E-state index contributed by atoms with van der Waals surface area (Å²) in [5.41, 5.74) is -0.260. The van der Waals surface area contributed by atoms with Crippen molar-refractivity contribution in [3.63, 3.8) is 0 Å². The molecule has 0 saturated carbocycles. The van der Waals surface area contributed by atoms with Crippen LogP contribution in [0.15, 0.2) is 57.6 Å². The molecule has 0 aliphatic rings. The van der Waals surface area contributed by atoms with Gasteiger partial charge in [0.1, 0.15) is 21.8 Å². The maximum absolute atomic E-state index is 11.6. The quantitative estimate of drug-likeness (QED) is 0.301. The average Bonchev–Trinajstić information content (AvgIpc) is 2.61. The van der Waals surface area contributed by atoms with Crippen molar-refractivity contribution in [3.8, 4) is 5.75 Å². The number of aryl methyl sites for hydroxylation is 1. The molecule has 8 nitrogen and oxygen atoms in total. The summed E-state index contributed by atoms with van der Waals surface area (Å²) in [6.07, 6.45) is 0. The second kappa shape index (κ2) is 10.5. The molecule has 3 aromatic rings. The first kappa shape index (κ1) is 27.0. The van der Waals surface area contributed by atoms with Gasteiger partial charge in [-0.3, -0.25) is 4.55 Å². The Labute approximate surface area is 221 Å². The van der Waals surface area contributed by atoms with Gasteiger partial charge in [0.2, 0.25) is 0 Å². The van der Waals surface area contributed by atoms with E-state index < -0.39 is 26.7 Å². The first-order valence-corrected chi connectivity index (χ1v) is 9.58. The first-order valence-electron chi connectivity index (χ1n) is 7.77. The van der Waals surface area contributed by atoms with Crippen molar-refractivity contribution in [1.29, 1.82) is 0 Å². The van der Waals surface area contributed by atoms with Crippen molar-refractivity contribution >= 4 is 109 Å². The molecule has 2 radical (unpaired) electrons. The van der Waals surface area contributed by atoms with Crippen molar-refractivity contribution in [1.82, 2.24) is 0 Å². The number of hydrogen-bond acceptors (Lipinski definition) is 6. The van der Waals surface area contributed by atoms with Gasteiger partial charge in [-0.15, -0.1) is 10.2 Å². The standard InChI is InChI=1S/C18H13ClN2O6S.2Na/c1-9-6-14(15(8-13(9)19)28(25,26)27)20-21-16-11-5-3-2-4-10(11)7-12(17(16)22)18(23)24;;/h2-8,22H,1H3,(H,23,24)(H,25,26,27);;. The molecular formula is C18H13ClN2Na2O6S. The van der Waals surface area contributed by atoms with Gasteiger partial charge in [0.05, 0.1) is 0 Å². The van der Waals surface area contributed by atoms with Crippen LogP contribution in [0.2, 0.25) is 5.02 Å². The second-order valence-corrected chi connectivity index (χ2v) is 7.69. The molecule has 0 heterocycles. The van der Waals surface area contributed by atoms with Crippen molar-refractivity contribution in [3.05, 3.63) is 58.6 Å². The number of halogens is 1. The predicted molar refractivity (Wildman–Crippen MR) is 114 cm³/mol. The Morgan fingerprint density at radius 3 is 2.30 bits per heavy atom. The van der Waals surface area contributed by atoms with Gasteiger partial charge >= 0.3 is 5.97 Å². The Bertz CT molecular complexity index is 1270. The minimum atomic E-state index is -4.65. The minimum Gasteiger partial charge on any atom is -0.505 e. The number of carbonyl (C=O) groups is 1. The van der Waals surface area contributed by atoms with Crippen LogP contribution in [0.25, 0.3) is 10.8 Å². The Balaban J connectivity index is 0.00000225. The van der Waals surface area contributed by atoms with E-state index in [0.29, 0.717) is 16.3 Å². The summed E-state index contributed by atoms with van der Waals surface area (Å²) >= 11 is 5.91. The summed E-state index contributed by atoms with van der Waals surface area (Å²) in [5, 5.41) is 28.4. The van der Waals surface area contributed by atoms with Gasteiger partial charge in [-0.2, -0.15) is 8.42 Å². The Morgan fingerprint density at radius 2 is 1.70 bits per heavy atom. The molecule has 3 aromatic carbocycles. The number of aromatic hydroxyl groups is 1. The van der Waals surface area contributed by atoms with Crippen molar-refractivity contribution in [2.75, 3.05) is 0 Å². The van der Waals surface area contributed by atoms with Crippen LogP contribution >= 0.6 is 11.6 Å². The van der Waals surface area contributed by atoms with E-state index in [1.165, 1.54) is 12.1 Å². The summed E-state index contributed by atoms with van der Waals surface area (Å²) in [6.45, 7) is 1.60. The van der Waals surface area contributed by atoms with Gasteiger partial charge in [0, 0.05) is 69.5 Å². The summed E-state index contributed by atoms with van der Waals surface area (Å²) in [5.74, 6) is -1.98. The molecular weight excluding hydrogens is 454 g/mol. The van der Waals surface area contributed by atoms with Crippen molar-refractivity contribution in [2.45, 2.75) is 11.8 Å². The fourth-order valence-corrected chi connectivity index (χ4v) is 3.48. The topological polar surface area (TPSA) is 137 Å². The number of fused-ring (bicyclic) bond motifs is 1. The molecule has 30 heavy (non-hydrogen) atoms. The molecule has 0 aromatic heterocycles. The second-order valence-electron chi connectivity index (χ2n) is 5.89. The van der Waals surface area contributed by atoms with Gasteiger partial charge in [-0.05, 0) is 36.1 Å².